The molecule has 2 saturated carbocycles. The first kappa shape index (κ1) is 19.8. The van der Waals surface area contributed by atoms with E-state index in [2.05, 4.69) is 5.32 Å². The number of benzene rings is 1. The number of carbonyl (C=O) groups excluding carboxylic acids is 2. The van der Waals surface area contributed by atoms with E-state index in [-0.39, 0.29) is 41.1 Å². The molecule has 2 unspecified atom stereocenters. The summed E-state index contributed by atoms with van der Waals surface area (Å²) in [5, 5.41) is 3.37. The van der Waals surface area contributed by atoms with E-state index in [1.54, 1.807) is 6.07 Å². The zero-order chi connectivity index (χ0) is 19.6. The number of amides is 2. The Hall–Kier alpha value is -1.99. The summed E-state index contributed by atoms with van der Waals surface area (Å²) in [6.45, 7) is -0.326. The predicted octanol–water partition coefficient (Wildman–Crippen LogP) is 1.85. The molecule has 2 amide bonds. The Kier molecular flexibility index (Phi) is 6.11. The molecule has 2 aliphatic rings. The number of carbonyl (C=O) groups is 2. The van der Waals surface area contributed by atoms with E-state index in [4.69, 9.17) is 32.5 Å². The minimum absolute atomic E-state index is 0.140. The second kappa shape index (κ2) is 8.35. The van der Waals surface area contributed by atoms with Crippen molar-refractivity contribution in [3.63, 3.8) is 0 Å². The highest BCUT2D eigenvalue weighted by molar-refractivity contribution is 6.32. The first-order valence-corrected chi connectivity index (χ1v) is 9.62. The summed E-state index contributed by atoms with van der Waals surface area (Å²) in [7, 11) is 1.44. The van der Waals surface area contributed by atoms with Crippen LogP contribution >= 0.6 is 11.6 Å². The minimum Gasteiger partial charge on any atom is -0.493 e. The number of nitrogens with two attached hydrogens (primary N) is 2. The number of hydrogen-bond donors (Lipinski definition) is 3. The van der Waals surface area contributed by atoms with Gasteiger partial charge in [0.1, 0.15) is 0 Å². The molecule has 1 aromatic carbocycles. The van der Waals surface area contributed by atoms with Crippen LogP contribution in [0.15, 0.2) is 12.1 Å². The van der Waals surface area contributed by atoms with Gasteiger partial charge in [-0.15, -0.1) is 0 Å². The van der Waals surface area contributed by atoms with Crippen molar-refractivity contribution < 1.29 is 19.1 Å². The van der Waals surface area contributed by atoms with Crippen LogP contribution in [0.25, 0.3) is 0 Å². The summed E-state index contributed by atoms with van der Waals surface area (Å²) < 4.78 is 10.6. The average Bonchev–Trinajstić information content (AvgIpc) is 2.60. The predicted molar refractivity (Wildman–Crippen MR) is 102 cm³/mol. The van der Waals surface area contributed by atoms with Gasteiger partial charge in [-0.1, -0.05) is 18.0 Å². The Balaban J connectivity index is 1.76. The molecular weight excluding hydrogens is 370 g/mol. The van der Waals surface area contributed by atoms with E-state index in [1.807, 2.05) is 0 Å². The average molecular weight is 396 g/mol. The summed E-state index contributed by atoms with van der Waals surface area (Å²) in [4.78, 5) is 23.8. The zero-order valence-corrected chi connectivity index (χ0v) is 16.1. The van der Waals surface area contributed by atoms with E-state index in [1.165, 1.54) is 19.6 Å². The van der Waals surface area contributed by atoms with Crippen molar-refractivity contribution in [2.24, 2.45) is 23.3 Å². The quantitative estimate of drug-likeness (QED) is 0.679. The first-order chi connectivity index (χ1) is 12.9. The fourth-order valence-corrected chi connectivity index (χ4v) is 4.66. The molecule has 2 aliphatic carbocycles. The van der Waals surface area contributed by atoms with Gasteiger partial charge in [-0.3, -0.25) is 9.59 Å². The van der Waals surface area contributed by atoms with Crippen LogP contribution in [0.2, 0.25) is 5.02 Å². The third kappa shape index (κ3) is 4.47. The van der Waals surface area contributed by atoms with Gasteiger partial charge in [0.05, 0.1) is 12.1 Å². The van der Waals surface area contributed by atoms with Gasteiger partial charge in [-0.25, -0.2) is 0 Å². The van der Waals surface area contributed by atoms with Crippen LogP contribution in [0.4, 0.5) is 0 Å². The van der Waals surface area contributed by atoms with Crippen LogP contribution < -0.4 is 26.3 Å². The maximum Gasteiger partial charge on any atom is 0.255 e. The van der Waals surface area contributed by atoms with E-state index < -0.39 is 5.91 Å². The Morgan fingerprint density at radius 2 is 1.93 bits per heavy atom. The minimum atomic E-state index is -0.628. The number of ether oxygens (including phenoxy) is 2. The molecule has 0 aromatic heterocycles. The molecule has 0 heterocycles. The molecule has 3 rings (SSSR count). The molecule has 148 valence electrons. The molecule has 7 nitrogen and oxygen atoms in total. The SMILES string of the molecule is COc1cc(C(=O)NC2C3CCCC2CC(N)C3)cc(Cl)c1OCC(N)=O. The summed E-state index contributed by atoms with van der Waals surface area (Å²) in [6.07, 6.45) is 5.29. The largest absolute Gasteiger partial charge is 0.493 e. The van der Waals surface area contributed by atoms with E-state index in [0.29, 0.717) is 17.4 Å². The zero-order valence-electron chi connectivity index (χ0n) is 15.4. The molecule has 2 fully saturated rings. The third-order valence-electron chi connectivity index (χ3n) is 5.52. The highest BCUT2D eigenvalue weighted by atomic mass is 35.5. The fraction of sp³-hybridized carbons (Fsp3) is 0.579. The number of primary amides is 1. The third-order valence-corrected chi connectivity index (χ3v) is 5.81. The molecular formula is C19H26ClN3O4. The molecule has 8 heteroatoms. The number of methoxy groups -OCH3 is 1. The molecule has 2 bridgehead atoms. The molecule has 27 heavy (non-hydrogen) atoms. The topological polar surface area (TPSA) is 117 Å². The van der Waals surface area contributed by atoms with Crippen LogP contribution in [0, 0.1) is 11.8 Å². The number of nitrogens with one attached hydrogen (secondary N) is 1. The lowest BCUT2D eigenvalue weighted by Gasteiger charge is -2.45. The van der Waals surface area contributed by atoms with Crippen molar-refractivity contribution in [1.82, 2.24) is 5.32 Å². The van der Waals surface area contributed by atoms with Crippen molar-refractivity contribution in [3.05, 3.63) is 22.7 Å². The Bertz CT molecular complexity index is 713. The van der Waals surface area contributed by atoms with Crippen molar-refractivity contribution >= 4 is 23.4 Å². The summed E-state index contributed by atoms with van der Waals surface area (Å²) in [6, 6.07) is 3.44. The van der Waals surface area contributed by atoms with Crippen LogP contribution in [0.1, 0.15) is 42.5 Å². The maximum absolute atomic E-state index is 12.9. The second-order valence-corrected chi connectivity index (χ2v) is 7.83. The summed E-state index contributed by atoms with van der Waals surface area (Å²) in [5.74, 6) is 0.486. The maximum atomic E-state index is 12.9. The van der Waals surface area contributed by atoms with Gasteiger partial charge in [0.25, 0.3) is 11.8 Å². The van der Waals surface area contributed by atoms with Gasteiger partial charge in [0.15, 0.2) is 18.1 Å². The lowest BCUT2D eigenvalue weighted by Crippen LogP contribution is -2.53. The van der Waals surface area contributed by atoms with E-state index in [0.717, 1.165) is 25.7 Å². The normalized spacial score (nSPS) is 26.9. The molecule has 0 aliphatic heterocycles. The Morgan fingerprint density at radius 1 is 1.26 bits per heavy atom. The first-order valence-electron chi connectivity index (χ1n) is 9.24. The van der Waals surface area contributed by atoms with Gasteiger partial charge in [0.2, 0.25) is 0 Å². The molecule has 1 aromatic rings. The highest BCUT2D eigenvalue weighted by Gasteiger charge is 2.40. The number of rotatable bonds is 6. The second-order valence-electron chi connectivity index (χ2n) is 7.43. The molecule has 0 saturated heterocycles. The number of halogens is 1. The van der Waals surface area contributed by atoms with Gasteiger partial charge < -0.3 is 26.3 Å². The van der Waals surface area contributed by atoms with Gasteiger partial charge in [-0.2, -0.15) is 0 Å². The van der Waals surface area contributed by atoms with Crippen molar-refractivity contribution in [1.29, 1.82) is 0 Å². The van der Waals surface area contributed by atoms with Crippen LogP contribution in [0.3, 0.4) is 0 Å². The molecule has 5 N–H and O–H groups in total. The van der Waals surface area contributed by atoms with Crippen LogP contribution in [-0.2, 0) is 4.79 Å². The van der Waals surface area contributed by atoms with Crippen molar-refractivity contribution in [2.45, 2.75) is 44.2 Å². The number of fused-ring (bicyclic) bond motifs is 2. The van der Waals surface area contributed by atoms with Gasteiger partial charge >= 0.3 is 0 Å². The number of hydrogen-bond acceptors (Lipinski definition) is 5. The molecule has 0 radical (unpaired) electrons. The van der Waals surface area contributed by atoms with E-state index >= 15 is 0 Å². The molecule has 0 spiro atoms. The summed E-state index contributed by atoms with van der Waals surface area (Å²) >= 11 is 6.24. The van der Waals surface area contributed by atoms with Gasteiger partial charge in [0, 0.05) is 17.6 Å². The van der Waals surface area contributed by atoms with E-state index in [9.17, 15) is 9.59 Å². The lowest BCUT2D eigenvalue weighted by molar-refractivity contribution is -0.119. The molecule has 2 atom stereocenters. The summed E-state index contributed by atoms with van der Waals surface area (Å²) in [5.41, 5.74) is 11.6. The fourth-order valence-electron chi connectivity index (χ4n) is 4.39. The Labute approximate surface area is 163 Å². The monoisotopic (exact) mass is 395 g/mol. The standard InChI is InChI=1S/C19H26ClN3O4/c1-26-15-8-12(7-14(20)18(15)27-9-16(22)24)19(25)23-17-10-3-2-4-11(17)6-13(21)5-10/h7-8,10-11,13,17H,2-6,9,21H2,1H3,(H2,22,24)(H,23,25). The van der Waals surface area contributed by atoms with Crippen molar-refractivity contribution in [2.75, 3.05) is 13.7 Å². The smallest absolute Gasteiger partial charge is 0.255 e. The lowest BCUT2D eigenvalue weighted by atomic mass is 9.67. The van der Waals surface area contributed by atoms with Crippen LogP contribution in [-0.4, -0.2) is 37.6 Å². The van der Waals surface area contributed by atoms with Crippen LogP contribution in [0.5, 0.6) is 11.5 Å². The highest BCUT2D eigenvalue weighted by Crippen LogP contribution is 2.40. The van der Waals surface area contributed by atoms with Crippen molar-refractivity contribution in [3.8, 4) is 11.5 Å². The van der Waals surface area contributed by atoms with Gasteiger partial charge in [-0.05, 0) is 49.7 Å². The Morgan fingerprint density at radius 3 is 2.52 bits per heavy atom.